The Morgan fingerprint density at radius 3 is 2.76 bits per heavy atom. The lowest BCUT2D eigenvalue weighted by Crippen LogP contribution is -2.14. The lowest BCUT2D eigenvalue weighted by Gasteiger charge is -2.04. The fraction of sp³-hybridized carbons (Fsp3) is 0.0909. The van der Waals surface area contributed by atoms with Crippen LogP contribution in [-0.2, 0) is 0 Å². The molecule has 0 saturated heterocycles. The van der Waals surface area contributed by atoms with Crippen LogP contribution in [0.4, 0.5) is 11.6 Å². The van der Waals surface area contributed by atoms with Crippen LogP contribution < -0.4 is 11.1 Å². The van der Waals surface area contributed by atoms with Crippen LogP contribution in [0.2, 0.25) is 0 Å². The van der Waals surface area contributed by atoms with E-state index in [-0.39, 0.29) is 11.9 Å². The number of rotatable bonds is 2. The highest BCUT2D eigenvalue weighted by Gasteiger charge is 2.08. The van der Waals surface area contributed by atoms with Gasteiger partial charge in [-0.05, 0) is 30.7 Å². The zero-order valence-electron chi connectivity index (χ0n) is 9.21. The quantitative estimate of drug-likeness (QED) is 0.749. The number of carbonyl (C=O) groups excluding carboxylic acids is 1. The molecule has 0 atom stereocenters. The fourth-order valence-corrected chi connectivity index (χ4v) is 1.42. The van der Waals surface area contributed by atoms with Crippen molar-refractivity contribution in [3.63, 3.8) is 0 Å². The first-order valence-electron chi connectivity index (χ1n) is 4.97. The molecule has 86 valence electrons. The van der Waals surface area contributed by atoms with Crippen molar-refractivity contribution in [2.24, 2.45) is 0 Å². The highest BCUT2D eigenvalue weighted by atomic mass is 16.1. The Morgan fingerprint density at radius 1 is 1.29 bits per heavy atom. The van der Waals surface area contributed by atoms with Crippen LogP contribution in [0.25, 0.3) is 0 Å². The Balaban J connectivity index is 2.20. The first kappa shape index (κ1) is 11.0. The third-order valence-electron chi connectivity index (χ3n) is 2.07. The maximum absolute atomic E-state index is 11.8. The van der Waals surface area contributed by atoms with E-state index in [1.54, 1.807) is 18.2 Å². The summed E-state index contributed by atoms with van der Waals surface area (Å²) in [6.07, 6.45) is 2.88. The molecule has 17 heavy (non-hydrogen) atoms. The van der Waals surface area contributed by atoms with Gasteiger partial charge in [-0.3, -0.25) is 10.1 Å². The normalized spacial score (nSPS) is 9.94. The van der Waals surface area contributed by atoms with Gasteiger partial charge in [0.05, 0.1) is 12.4 Å². The second-order valence-corrected chi connectivity index (χ2v) is 3.55. The van der Waals surface area contributed by atoms with Gasteiger partial charge in [0.2, 0.25) is 5.95 Å². The van der Waals surface area contributed by atoms with Crippen molar-refractivity contribution in [1.29, 1.82) is 0 Å². The van der Waals surface area contributed by atoms with Crippen molar-refractivity contribution in [2.45, 2.75) is 6.92 Å². The number of aryl methyl sites for hydroxylation is 1. The summed E-state index contributed by atoms with van der Waals surface area (Å²) >= 11 is 0. The predicted molar refractivity (Wildman–Crippen MR) is 63.4 cm³/mol. The molecule has 0 saturated carbocycles. The lowest BCUT2D eigenvalue weighted by molar-refractivity contribution is 0.102. The summed E-state index contributed by atoms with van der Waals surface area (Å²) in [7, 11) is 0. The molecule has 0 aliphatic heterocycles. The molecule has 1 aromatic heterocycles. The van der Waals surface area contributed by atoms with E-state index in [2.05, 4.69) is 20.5 Å². The van der Waals surface area contributed by atoms with Gasteiger partial charge in [-0.2, -0.15) is 5.10 Å². The number of nitrogens with zero attached hydrogens (tertiary/aromatic N) is 3. The van der Waals surface area contributed by atoms with Crippen LogP contribution in [0, 0.1) is 6.92 Å². The van der Waals surface area contributed by atoms with Crippen molar-refractivity contribution >= 4 is 17.5 Å². The lowest BCUT2D eigenvalue weighted by atomic mass is 10.1. The minimum absolute atomic E-state index is 0.164. The van der Waals surface area contributed by atoms with Gasteiger partial charge in [0.1, 0.15) is 0 Å². The molecule has 0 aliphatic carbocycles. The molecule has 0 spiro atoms. The number of nitrogens with two attached hydrogens (primary N) is 1. The molecule has 0 unspecified atom stereocenters. The van der Waals surface area contributed by atoms with Crippen molar-refractivity contribution < 1.29 is 4.79 Å². The Kier molecular flexibility index (Phi) is 2.95. The van der Waals surface area contributed by atoms with E-state index in [0.29, 0.717) is 11.3 Å². The summed E-state index contributed by atoms with van der Waals surface area (Å²) in [6.45, 7) is 1.87. The Morgan fingerprint density at radius 2 is 2.12 bits per heavy atom. The van der Waals surface area contributed by atoms with Crippen LogP contribution in [0.5, 0.6) is 0 Å². The zero-order valence-corrected chi connectivity index (χ0v) is 9.21. The minimum atomic E-state index is -0.312. The number of hydrogen-bond acceptors (Lipinski definition) is 5. The largest absolute Gasteiger partial charge is 0.399 e. The van der Waals surface area contributed by atoms with Gasteiger partial charge in [-0.1, -0.05) is 0 Å². The predicted octanol–water partition coefficient (Wildman–Crippen LogP) is 1.01. The van der Waals surface area contributed by atoms with E-state index in [1.807, 2.05) is 6.92 Å². The molecule has 6 nitrogen and oxygen atoms in total. The van der Waals surface area contributed by atoms with Crippen LogP contribution in [0.15, 0.2) is 30.6 Å². The molecule has 0 aliphatic rings. The minimum Gasteiger partial charge on any atom is -0.399 e. The summed E-state index contributed by atoms with van der Waals surface area (Å²) in [6, 6.07) is 5.12. The molecule has 0 fully saturated rings. The molecular formula is C11H11N5O. The van der Waals surface area contributed by atoms with E-state index >= 15 is 0 Å². The standard InChI is InChI=1S/C11H11N5O/c1-7-4-8(6-9(12)5-7)10(17)15-11-13-2-3-14-16-11/h2-6H,12H2,1H3,(H,13,15,16,17). The smallest absolute Gasteiger partial charge is 0.258 e. The SMILES string of the molecule is Cc1cc(N)cc(C(=O)Nc2nccnn2)c1. The molecule has 1 aromatic carbocycles. The van der Waals surface area contributed by atoms with E-state index in [9.17, 15) is 4.79 Å². The van der Waals surface area contributed by atoms with E-state index in [0.717, 1.165) is 5.56 Å². The molecule has 1 heterocycles. The van der Waals surface area contributed by atoms with E-state index < -0.39 is 0 Å². The Labute approximate surface area is 97.9 Å². The van der Waals surface area contributed by atoms with Gasteiger partial charge in [0.25, 0.3) is 5.91 Å². The number of nitrogens with one attached hydrogen (secondary N) is 1. The van der Waals surface area contributed by atoms with Gasteiger partial charge in [0, 0.05) is 11.3 Å². The highest BCUT2D eigenvalue weighted by molar-refractivity contribution is 6.03. The molecular weight excluding hydrogens is 218 g/mol. The summed E-state index contributed by atoms with van der Waals surface area (Å²) in [5.41, 5.74) is 7.60. The summed E-state index contributed by atoms with van der Waals surface area (Å²) in [4.78, 5) is 15.7. The fourth-order valence-electron chi connectivity index (χ4n) is 1.42. The van der Waals surface area contributed by atoms with Gasteiger partial charge in [-0.25, -0.2) is 4.98 Å². The van der Waals surface area contributed by atoms with E-state index in [1.165, 1.54) is 12.4 Å². The molecule has 1 amide bonds. The van der Waals surface area contributed by atoms with Gasteiger partial charge < -0.3 is 5.73 Å². The number of carbonyl (C=O) groups is 1. The van der Waals surface area contributed by atoms with Crippen molar-refractivity contribution in [1.82, 2.24) is 15.2 Å². The average molecular weight is 229 g/mol. The summed E-state index contributed by atoms with van der Waals surface area (Å²) < 4.78 is 0. The molecule has 6 heteroatoms. The van der Waals surface area contributed by atoms with Gasteiger partial charge >= 0.3 is 0 Å². The number of anilines is 2. The maximum atomic E-state index is 11.8. The number of benzene rings is 1. The molecule has 2 aromatic rings. The maximum Gasteiger partial charge on any atom is 0.258 e. The molecule has 0 bridgehead atoms. The zero-order chi connectivity index (χ0) is 12.3. The van der Waals surface area contributed by atoms with Crippen LogP contribution in [0.1, 0.15) is 15.9 Å². The first-order valence-corrected chi connectivity index (χ1v) is 4.97. The summed E-state index contributed by atoms with van der Waals surface area (Å²) in [5.74, 6) is -0.147. The average Bonchev–Trinajstić information content (AvgIpc) is 2.29. The third-order valence-corrected chi connectivity index (χ3v) is 2.07. The van der Waals surface area contributed by atoms with Crippen LogP contribution >= 0.6 is 0 Å². The Bertz CT molecular complexity index is 521. The van der Waals surface area contributed by atoms with Gasteiger partial charge in [-0.15, -0.1) is 5.10 Å². The van der Waals surface area contributed by atoms with Crippen LogP contribution in [0.3, 0.4) is 0 Å². The third kappa shape index (κ3) is 2.75. The second kappa shape index (κ2) is 4.56. The van der Waals surface area contributed by atoms with Crippen molar-refractivity contribution in [3.05, 3.63) is 41.7 Å². The second-order valence-electron chi connectivity index (χ2n) is 3.55. The highest BCUT2D eigenvalue weighted by Crippen LogP contribution is 2.12. The van der Waals surface area contributed by atoms with Gasteiger partial charge in [0.15, 0.2) is 0 Å². The monoisotopic (exact) mass is 229 g/mol. The first-order chi connectivity index (χ1) is 8.15. The van der Waals surface area contributed by atoms with Crippen molar-refractivity contribution in [2.75, 3.05) is 11.1 Å². The topological polar surface area (TPSA) is 93.8 Å². The number of amides is 1. The number of nitrogen functional groups attached to an aromatic ring is 1. The van der Waals surface area contributed by atoms with E-state index in [4.69, 9.17) is 5.73 Å². The van der Waals surface area contributed by atoms with Crippen LogP contribution in [-0.4, -0.2) is 21.1 Å². The number of aromatic nitrogens is 3. The summed E-state index contributed by atoms with van der Waals surface area (Å²) in [5, 5.41) is 9.81. The molecule has 3 N–H and O–H groups in total. The molecule has 2 rings (SSSR count). The molecule has 0 radical (unpaired) electrons. The number of hydrogen-bond donors (Lipinski definition) is 2. The Hall–Kier alpha value is -2.50. The van der Waals surface area contributed by atoms with Crippen molar-refractivity contribution in [3.8, 4) is 0 Å².